The topological polar surface area (TPSA) is 34.2 Å². The third-order valence-corrected chi connectivity index (χ3v) is 4.48. The van der Waals surface area contributed by atoms with Gasteiger partial charge >= 0.3 is 0 Å². The Bertz CT molecular complexity index is 832. The van der Waals surface area contributed by atoms with Crippen LogP contribution in [0, 0.1) is 5.82 Å². The predicted octanol–water partition coefficient (Wildman–Crippen LogP) is 5.65. The number of anilines is 2. The highest BCUT2D eigenvalue weighted by Crippen LogP contribution is 2.34. The molecule has 3 rings (SSSR count). The van der Waals surface area contributed by atoms with E-state index in [1.807, 2.05) is 17.5 Å². The van der Waals surface area contributed by atoms with E-state index in [-0.39, 0.29) is 5.82 Å². The quantitative estimate of drug-likeness (QED) is 0.628. The maximum absolute atomic E-state index is 13.6. The number of benzene rings is 2. The molecule has 3 aromatic rings. The molecule has 0 aliphatic rings. The van der Waals surface area contributed by atoms with Gasteiger partial charge in [-0.15, -0.1) is 11.3 Å². The Hall–Kier alpha value is -2.40. The average Bonchev–Trinajstić information content (AvgIpc) is 3.05. The summed E-state index contributed by atoms with van der Waals surface area (Å²) in [6.45, 7) is 2.16. The molecule has 0 aliphatic carbocycles. The number of para-hydroxylation sites is 1. The molecule has 24 heavy (non-hydrogen) atoms. The number of thiazole rings is 1. The number of ether oxygens (including phenoxy) is 1. The molecule has 1 N–H and O–H groups in total. The van der Waals surface area contributed by atoms with Crippen LogP contribution in [0.2, 0.25) is 0 Å². The van der Waals surface area contributed by atoms with Gasteiger partial charge in [-0.3, -0.25) is 0 Å². The van der Waals surface area contributed by atoms with E-state index in [4.69, 9.17) is 4.74 Å². The van der Waals surface area contributed by atoms with Crippen molar-refractivity contribution >= 4 is 22.2 Å². The van der Waals surface area contributed by atoms with E-state index in [0.717, 1.165) is 23.7 Å². The number of methoxy groups -OCH3 is 1. The molecule has 2 aromatic carbocycles. The summed E-state index contributed by atoms with van der Waals surface area (Å²) in [4.78, 5) is 4.59. The van der Waals surface area contributed by atoms with Crippen molar-refractivity contribution in [3.05, 3.63) is 59.2 Å². The van der Waals surface area contributed by atoms with Crippen LogP contribution in [0.3, 0.4) is 0 Å². The molecule has 0 radical (unpaired) electrons. The monoisotopic (exact) mass is 342 g/mol. The average molecular weight is 342 g/mol. The Labute approximate surface area is 145 Å². The number of aromatic nitrogens is 1. The molecule has 0 saturated carbocycles. The van der Waals surface area contributed by atoms with Crippen LogP contribution in [0.4, 0.5) is 15.2 Å². The number of aryl methyl sites for hydroxylation is 1. The van der Waals surface area contributed by atoms with Gasteiger partial charge in [0.2, 0.25) is 0 Å². The Morgan fingerprint density at radius 1 is 1.21 bits per heavy atom. The largest absolute Gasteiger partial charge is 0.496 e. The Balaban J connectivity index is 1.88. The number of nitrogens with one attached hydrogen (secondary N) is 1. The summed E-state index contributed by atoms with van der Waals surface area (Å²) in [5, 5.41) is 6.05. The lowest BCUT2D eigenvalue weighted by atomic mass is 10.1. The highest BCUT2D eigenvalue weighted by Gasteiger charge is 2.12. The summed E-state index contributed by atoms with van der Waals surface area (Å²) in [5.74, 6) is 0.307. The molecule has 0 fully saturated rings. The Morgan fingerprint density at radius 3 is 2.83 bits per heavy atom. The molecule has 0 unspecified atom stereocenters. The highest BCUT2D eigenvalue weighted by molar-refractivity contribution is 7.14. The van der Waals surface area contributed by atoms with Gasteiger partial charge in [0, 0.05) is 16.6 Å². The minimum Gasteiger partial charge on any atom is -0.496 e. The summed E-state index contributed by atoms with van der Waals surface area (Å²) >= 11 is 1.49. The van der Waals surface area contributed by atoms with Gasteiger partial charge in [0.1, 0.15) is 11.6 Å². The van der Waals surface area contributed by atoms with Gasteiger partial charge in [-0.1, -0.05) is 31.5 Å². The van der Waals surface area contributed by atoms with Crippen molar-refractivity contribution in [3.63, 3.8) is 0 Å². The van der Waals surface area contributed by atoms with E-state index >= 15 is 0 Å². The summed E-state index contributed by atoms with van der Waals surface area (Å²) in [6, 6.07) is 12.7. The zero-order valence-electron chi connectivity index (χ0n) is 13.7. The Morgan fingerprint density at radius 2 is 2.04 bits per heavy atom. The molecule has 5 heteroatoms. The summed E-state index contributed by atoms with van der Waals surface area (Å²) in [7, 11) is 1.57. The molecule has 124 valence electrons. The van der Waals surface area contributed by atoms with E-state index in [2.05, 4.69) is 29.4 Å². The van der Waals surface area contributed by atoms with Crippen molar-refractivity contribution in [3.8, 4) is 17.0 Å². The fraction of sp³-hybridized carbons (Fsp3) is 0.211. The van der Waals surface area contributed by atoms with Crippen LogP contribution in [-0.4, -0.2) is 12.1 Å². The molecule has 0 atom stereocenters. The molecule has 0 spiro atoms. The molecule has 0 aliphatic heterocycles. The lowest BCUT2D eigenvalue weighted by molar-refractivity contribution is 0.415. The summed E-state index contributed by atoms with van der Waals surface area (Å²) in [6.07, 6.45) is 2.10. The first-order chi connectivity index (χ1) is 11.7. The molecule has 3 nitrogen and oxygen atoms in total. The fourth-order valence-corrected chi connectivity index (χ4v) is 3.30. The second kappa shape index (κ2) is 7.45. The molecular formula is C19H19FN2OS. The third kappa shape index (κ3) is 3.57. The number of nitrogens with zero attached hydrogens (tertiary/aromatic N) is 1. The van der Waals surface area contributed by atoms with Crippen LogP contribution in [-0.2, 0) is 6.42 Å². The van der Waals surface area contributed by atoms with Crippen molar-refractivity contribution in [2.75, 3.05) is 12.4 Å². The van der Waals surface area contributed by atoms with Crippen molar-refractivity contribution in [2.45, 2.75) is 19.8 Å². The smallest absolute Gasteiger partial charge is 0.187 e. The first-order valence-corrected chi connectivity index (χ1v) is 8.73. The van der Waals surface area contributed by atoms with Crippen LogP contribution in [0.1, 0.15) is 18.9 Å². The van der Waals surface area contributed by atoms with Crippen molar-refractivity contribution < 1.29 is 9.13 Å². The van der Waals surface area contributed by atoms with Crippen LogP contribution in [0.5, 0.6) is 5.75 Å². The van der Waals surface area contributed by atoms with Crippen molar-refractivity contribution in [2.24, 2.45) is 0 Å². The molecular weight excluding hydrogens is 323 g/mol. The standard InChI is InChI=1S/C19H19FN2OS/c1-3-6-13-7-4-5-8-16(13)21-19-22-17(12-24-19)15-11-14(20)9-10-18(15)23-2/h4-5,7-12H,3,6H2,1-2H3,(H,21,22). The van der Waals surface area contributed by atoms with Gasteiger partial charge in [0.25, 0.3) is 0 Å². The molecule has 0 saturated heterocycles. The van der Waals surface area contributed by atoms with Gasteiger partial charge in [0.15, 0.2) is 5.13 Å². The van der Waals surface area contributed by atoms with Crippen molar-refractivity contribution in [1.82, 2.24) is 4.98 Å². The Kier molecular flexibility index (Phi) is 5.11. The maximum atomic E-state index is 13.6. The zero-order valence-corrected chi connectivity index (χ0v) is 14.5. The SMILES string of the molecule is CCCc1ccccc1Nc1nc(-c2cc(F)ccc2OC)cs1. The number of hydrogen-bond acceptors (Lipinski definition) is 4. The summed E-state index contributed by atoms with van der Waals surface area (Å²) in [5.41, 5.74) is 3.68. The second-order valence-electron chi connectivity index (χ2n) is 5.41. The van der Waals surface area contributed by atoms with Crippen molar-refractivity contribution in [1.29, 1.82) is 0 Å². The molecule has 0 amide bonds. The minimum atomic E-state index is -0.304. The van der Waals surface area contributed by atoms with E-state index in [0.29, 0.717) is 17.0 Å². The lowest BCUT2D eigenvalue weighted by Crippen LogP contribution is -1.95. The van der Waals surface area contributed by atoms with Gasteiger partial charge in [-0.2, -0.15) is 0 Å². The van der Waals surface area contributed by atoms with Gasteiger partial charge in [-0.25, -0.2) is 9.37 Å². The van der Waals surface area contributed by atoms with Crippen LogP contribution >= 0.6 is 11.3 Å². The molecule has 1 heterocycles. The van der Waals surface area contributed by atoms with Gasteiger partial charge in [-0.05, 0) is 36.2 Å². The number of rotatable bonds is 6. The zero-order chi connectivity index (χ0) is 16.9. The van der Waals surface area contributed by atoms with E-state index in [1.54, 1.807) is 13.2 Å². The molecule has 1 aromatic heterocycles. The van der Waals surface area contributed by atoms with E-state index < -0.39 is 0 Å². The second-order valence-corrected chi connectivity index (χ2v) is 6.27. The van der Waals surface area contributed by atoms with Crippen LogP contribution < -0.4 is 10.1 Å². The lowest BCUT2D eigenvalue weighted by Gasteiger charge is -2.09. The first-order valence-electron chi connectivity index (χ1n) is 7.85. The maximum Gasteiger partial charge on any atom is 0.187 e. The minimum absolute atomic E-state index is 0.304. The first kappa shape index (κ1) is 16.5. The van der Waals surface area contributed by atoms with E-state index in [9.17, 15) is 4.39 Å². The molecule has 0 bridgehead atoms. The normalized spacial score (nSPS) is 10.6. The number of halogens is 1. The van der Waals surface area contributed by atoms with Crippen LogP contribution in [0.15, 0.2) is 47.8 Å². The summed E-state index contributed by atoms with van der Waals surface area (Å²) < 4.78 is 18.9. The van der Waals surface area contributed by atoms with Gasteiger partial charge in [0.05, 0.1) is 12.8 Å². The fourth-order valence-electron chi connectivity index (χ4n) is 2.58. The van der Waals surface area contributed by atoms with Crippen LogP contribution in [0.25, 0.3) is 11.3 Å². The predicted molar refractivity (Wildman–Crippen MR) is 97.8 cm³/mol. The third-order valence-electron chi connectivity index (χ3n) is 3.72. The highest BCUT2D eigenvalue weighted by atomic mass is 32.1. The van der Waals surface area contributed by atoms with Gasteiger partial charge < -0.3 is 10.1 Å². The number of hydrogen-bond donors (Lipinski definition) is 1. The van der Waals surface area contributed by atoms with E-state index in [1.165, 1.54) is 29.0 Å².